The Labute approximate surface area is 241 Å². The highest BCUT2D eigenvalue weighted by molar-refractivity contribution is 5.20. The molecule has 0 spiro atoms. The first-order valence-corrected chi connectivity index (χ1v) is 16.9. The van der Waals surface area contributed by atoms with Crippen molar-refractivity contribution in [2.24, 2.45) is 45.3 Å². The number of ether oxygens (including phenoxy) is 1. The third-order valence-corrected chi connectivity index (χ3v) is 15.1. The van der Waals surface area contributed by atoms with Crippen molar-refractivity contribution in [2.75, 3.05) is 33.2 Å². The fourth-order valence-electron chi connectivity index (χ4n) is 13.1. The largest absolute Gasteiger partial charge is 0.393 e. The summed E-state index contributed by atoms with van der Waals surface area (Å²) in [4.78, 5) is 5.35. The lowest BCUT2D eigenvalue weighted by molar-refractivity contribution is -0.255. The van der Waals surface area contributed by atoms with E-state index in [1.807, 2.05) is 0 Å². The molecule has 0 aromatic carbocycles. The van der Waals surface area contributed by atoms with Gasteiger partial charge in [0, 0.05) is 32.2 Å². The molecular weight excluding hydrogens is 480 g/mol. The van der Waals surface area contributed by atoms with Crippen LogP contribution in [0.15, 0.2) is 0 Å². The van der Waals surface area contributed by atoms with Crippen LogP contribution in [-0.4, -0.2) is 71.5 Å². The lowest BCUT2D eigenvalue weighted by Crippen LogP contribution is -2.68. The van der Waals surface area contributed by atoms with Crippen LogP contribution in [0.25, 0.3) is 0 Å². The molecule has 10 atom stereocenters. The van der Waals surface area contributed by atoms with Crippen molar-refractivity contribution >= 4 is 0 Å². The maximum absolute atomic E-state index is 12.2. The normalized spacial score (nSPS) is 54.0. The summed E-state index contributed by atoms with van der Waals surface area (Å²) in [5, 5.41) is 12.2. The van der Waals surface area contributed by atoms with Gasteiger partial charge in [-0.25, -0.2) is 0 Å². The summed E-state index contributed by atoms with van der Waals surface area (Å²) >= 11 is 0. The highest BCUT2D eigenvalue weighted by atomic mass is 16.5. The number of nitrogens with zero attached hydrogens (tertiary/aromatic N) is 2. The molecule has 4 heteroatoms. The number of hydrogen-bond acceptors (Lipinski definition) is 4. The molecule has 0 bridgehead atoms. The molecule has 2 heterocycles. The van der Waals surface area contributed by atoms with Crippen LogP contribution in [-0.2, 0) is 4.74 Å². The molecule has 4 aliphatic carbocycles. The number of hydrogen-bond donors (Lipinski definition) is 1. The van der Waals surface area contributed by atoms with Crippen LogP contribution in [0, 0.1) is 45.3 Å². The third-order valence-electron chi connectivity index (χ3n) is 15.1. The maximum atomic E-state index is 12.2. The average Bonchev–Trinajstić information content (AvgIpc) is 3.21. The summed E-state index contributed by atoms with van der Waals surface area (Å²) in [5.41, 5.74) is 0.990. The van der Waals surface area contributed by atoms with Crippen LogP contribution >= 0.6 is 0 Å². The molecule has 0 aromatic rings. The van der Waals surface area contributed by atoms with Gasteiger partial charge in [-0.15, -0.1) is 0 Å². The molecule has 10 unspecified atom stereocenters. The first kappa shape index (κ1) is 28.9. The Morgan fingerprint density at radius 1 is 0.718 bits per heavy atom. The van der Waals surface area contributed by atoms with Crippen molar-refractivity contribution in [2.45, 2.75) is 143 Å². The predicted octanol–water partition coefficient (Wildman–Crippen LogP) is 7.00. The second-order valence-electron chi connectivity index (χ2n) is 17.7. The Hall–Kier alpha value is -0.160. The van der Waals surface area contributed by atoms with Crippen molar-refractivity contribution in [3.63, 3.8) is 0 Å². The fraction of sp³-hybridized carbons (Fsp3) is 1.00. The summed E-state index contributed by atoms with van der Waals surface area (Å²) in [6, 6.07) is 0.702. The summed E-state index contributed by atoms with van der Waals surface area (Å²) in [7, 11) is 2.28. The topological polar surface area (TPSA) is 35.9 Å². The zero-order chi connectivity index (χ0) is 28.2. The van der Waals surface area contributed by atoms with Gasteiger partial charge in [0.05, 0.1) is 17.3 Å². The molecule has 6 aliphatic rings. The average molecular weight is 543 g/mol. The number of aliphatic hydroxyl groups is 1. The molecule has 6 fully saturated rings. The van der Waals surface area contributed by atoms with Gasteiger partial charge in [0.1, 0.15) is 0 Å². The minimum absolute atomic E-state index is 0.0441. The van der Waals surface area contributed by atoms with Gasteiger partial charge in [-0.1, -0.05) is 34.6 Å². The Kier molecular flexibility index (Phi) is 6.80. The van der Waals surface area contributed by atoms with E-state index in [1.54, 1.807) is 0 Å². The molecule has 0 aromatic heterocycles. The molecule has 0 radical (unpaired) electrons. The van der Waals surface area contributed by atoms with Crippen molar-refractivity contribution in [3.8, 4) is 0 Å². The van der Waals surface area contributed by atoms with E-state index in [9.17, 15) is 5.11 Å². The van der Waals surface area contributed by atoms with Crippen molar-refractivity contribution in [1.29, 1.82) is 0 Å². The summed E-state index contributed by atoms with van der Waals surface area (Å²) in [6.45, 7) is 25.1. The second-order valence-corrected chi connectivity index (χ2v) is 17.7. The SMILES string of the molecule is CN1CCN(C2CCC3(C)C(CCC4(C)C3CC(O)C3C(C5(C)CCCC(C)(C)O5)CCC34C)C2(C)C)CC1. The quantitative estimate of drug-likeness (QED) is 0.408. The molecule has 4 saturated carbocycles. The van der Waals surface area contributed by atoms with Crippen molar-refractivity contribution in [1.82, 2.24) is 9.80 Å². The lowest BCUT2D eigenvalue weighted by Gasteiger charge is -2.71. The highest BCUT2D eigenvalue weighted by Crippen LogP contribution is 2.76. The van der Waals surface area contributed by atoms with Crippen LogP contribution in [0.3, 0.4) is 0 Å². The van der Waals surface area contributed by atoms with Crippen molar-refractivity contribution in [3.05, 3.63) is 0 Å². The van der Waals surface area contributed by atoms with E-state index in [-0.39, 0.29) is 22.7 Å². The van der Waals surface area contributed by atoms with Crippen LogP contribution in [0.2, 0.25) is 0 Å². The third kappa shape index (κ3) is 4.10. The van der Waals surface area contributed by atoms with Crippen LogP contribution < -0.4 is 0 Å². The molecule has 0 amide bonds. The fourth-order valence-corrected chi connectivity index (χ4v) is 13.1. The number of likely N-dealkylation sites (N-methyl/N-ethyl adjacent to an activating group) is 1. The number of piperazine rings is 1. The Morgan fingerprint density at radius 2 is 1.38 bits per heavy atom. The summed E-state index contributed by atoms with van der Waals surface area (Å²) in [6.07, 6.45) is 12.2. The number of aliphatic hydroxyl groups excluding tert-OH is 1. The zero-order valence-corrected chi connectivity index (χ0v) is 27.1. The van der Waals surface area contributed by atoms with Gasteiger partial charge < -0.3 is 14.7 Å². The van der Waals surface area contributed by atoms with Gasteiger partial charge in [0.25, 0.3) is 0 Å². The van der Waals surface area contributed by atoms with Gasteiger partial charge in [0.2, 0.25) is 0 Å². The summed E-state index contributed by atoms with van der Waals surface area (Å²) < 4.78 is 6.95. The Balaban J connectivity index is 1.29. The molecule has 39 heavy (non-hydrogen) atoms. The standard InChI is InChI=1S/C35H62N2O2/c1-30(2)14-10-15-35(8,39-30)24-11-17-34(7)29(24)25(38)23-27-32(5)16-13-28(37-21-19-36(9)20-22-37)31(3,4)26(32)12-18-33(27,34)6/h24-29,38H,10-23H2,1-9H3. The van der Waals surface area contributed by atoms with E-state index in [4.69, 9.17) is 4.74 Å². The van der Waals surface area contributed by atoms with Gasteiger partial charge >= 0.3 is 0 Å². The molecule has 1 N–H and O–H groups in total. The van der Waals surface area contributed by atoms with E-state index >= 15 is 0 Å². The van der Waals surface area contributed by atoms with E-state index < -0.39 is 0 Å². The van der Waals surface area contributed by atoms with E-state index in [2.05, 4.69) is 72.2 Å². The minimum atomic E-state index is -0.194. The predicted molar refractivity (Wildman–Crippen MR) is 161 cm³/mol. The van der Waals surface area contributed by atoms with E-state index in [0.29, 0.717) is 40.0 Å². The molecule has 2 saturated heterocycles. The molecule has 2 aliphatic heterocycles. The first-order valence-electron chi connectivity index (χ1n) is 16.9. The van der Waals surface area contributed by atoms with Crippen LogP contribution in [0.5, 0.6) is 0 Å². The van der Waals surface area contributed by atoms with Gasteiger partial charge in [-0.3, -0.25) is 4.90 Å². The monoisotopic (exact) mass is 542 g/mol. The first-order chi connectivity index (χ1) is 18.1. The van der Waals surface area contributed by atoms with E-state index in [1.165, 1.54) is 71.1 Å². The summed E-state index contributed by atoms with van der Waals surface area (Å²) in [5.74, 6) is 2.20. The number of fused-ring (bicyclic) bond motifs is 5. The van der Waals surface area contributed by atoms with Crippen LogP contribution in [0.4, 0.5) is 0 Å². The zero-order valence-electron chi connectivity index (χ0n) is 27.1. The smallest absolute Gasteiger partial charge is 0.0693 e. The lowest BCUT2D eigenvalue weighted by atomic mass is 9.35. The minimum Gasteiger partial charge on any atom is -0.393 e. The number of rotatable bonds is 2. The maximum Gasteiger partial charge on any atom is 0.0693 e. The van der Waals surface area contributed by atoms with Crippen LogP contribution in [0.1, 0.15) is 120 Å². The molecule has 224 valence electrons. The Morgan fingerprint density at radius 3 is 2.05 bits per heavy atom. The second kappa shape index (κ2) is 9.17. The van der Waals surface area contributed by atoms with E-state index in [0.717, 1.165) is 25.2 Å². The van der Waals surface area contributed by atoms with Gasteiger partial charge in [-0.2, -0.15) is 0 Å². The van der Waals surface area contributed by atoms with Gasteiger partial charge in [0.15, 0.2) is 0 Å². The van der Waals surface area contributed by atoms with Gasteiger partial charge in [-0.05, 0) is 137 Å². The molecule has 6 rings (SSSR count). The molecular formula is C35H62N2O2. The molecule has 4 nitrogen and oxygen atoms in total. The van der Waals surface area contributed by atoms with Crippen molar-refractivity contribution < 1.29 is 9.84 Å². The Bertz CT molecular complexity index is 941. The highest BCUT2D eigenvalue weighted by Gasteiger charge is 2.71.